The molecule has 0 aliphatic heterocycles. The summed E-state index contributed by atoms with van der Waals surface area (Å²) < 4.78 is 0. The molecule has 0 amide bonds. The number of nitrogens with zero attached hydrogens (tertiary/aromatic N) is 1. The first-order valence-electron chi connectivity index (χ1n) is 9.05. The van der Waals surface area contributed by atoms with Crippen LogP contribution in [0.25, 0.3) is 0 Å². The van der Waals surface area contributed by atoms with Gasteiger partial charge in [0.15, 0.2) is 0 Å². The van der Waals surface area contributed by atoms with E-state index in [1.807, 2.05) is 0 Å². The van der Waals surface area contributed by atoms with Crippen molar-refractivity contribution in [3.63, 3.8) is 0 Å². The summed E-state index contributed by atoms with van der Waals surface area (Å²) in [7, 11) is 2.17. The van der Waals surface area contributed by atoms with Gasteiger partial charge in [-0.15, -0.1) is 0 Å². The maximum atomic E-state index is 3.60. The van der Waals surface area contributed by atoms with Gasteiger partial charge in [0.1, 0.15) is 0 Å². The van der Waals surface area contributed by atoms with Crippen molar-refractivity contribution in [3.8, 4) is 0 Å². The lowest BCUT2D eigenvalue weighted by atomic mass is 9.76. The Bertz CT molecular complexity index is 273. The Balaban J connectivity index is 1.90. The highest BCUT2D eigenvalue weighted by atomic mass is 15.2. The smallest absolute Gasteiger partial charge is 0.0105 e. The zero-order valence-electron chi connectivity index (χ0n) is 14.2. The molecule has 1 N–H and O–H groups in total. The summed E-state index contributed by atoms with van der Waals surface area (Å²) >= 11 is 0. The summed E-state index contributed by atoms with van der Waals surface area (Å²) in [6.45, 7) is 9.77. The molecule has 3 unspecified atom stereocenters. The highest BCUT2D eigenvalue weighted by Gasteiger charge is 2.32. The first-order valence-corrected chi connectivity index (χ1v) is 9.05. The van der Waals surface area contributed by atoms with Crippen LogP contribution >= 0.6 is 0 Å². The van der Waals surface area contributed by atoms with Gasteiger partial charge in [-0.25, -0.2) is 0 Å². The van der Waals surface area contributed by atoms with E-state index in [-0.39, 0.29) is 0 Å². The van der Waals surface area contributed by atoms with Crippen LogP contribution in [0, 0.1) is 17.8 Å². The first kappa shape index (κ1) is 16.3. The third-order valence-electron chi connectivity index (χ3n) is 5.55. The Morgan fingerprint density at radius 2 is 1.75 bits per heavy atom. The van der Waals surface area contributed by atoms with Crippen LogP contribution in [-0.4, -0.2) is 37.1 Å². The Morgan fingerprint density at radius 3 is 2.30 bits per heavy atom. The van der Waals surface area contributed by atoms with Crippen LogP contribution in [0.15, 0.2) is 0 Å². The normalized spacial score (nSPS) is 31.2. The zero-order chi connectivity index (χ0) is 14.5. The Labute approximate surface area is 126 Å². The fourth-order valence-electron chi connectivity index (χ4n) is 4.04. The standard InChI is InChI=1S/C18H36N2/c1-5-6-15-9-10-18(19-4)17(11-15)13-20(14(2)3)12-16-7-8-16/h14-19H,5-13H2,1-4H3. The minimum absolute atomic E-state index is 0.708. The van der Waals surface area contributed by atoms with Crippen molar-refractivity contribution in [2.45, 2.75) is 77.8 Å². The molecule has 2 aliphatic carbocycles. The second-order valence-electron chi connectivity index (χ2n) is 7.61. The molecule has 3 atom stereocenters. The lowest BCUT2D eigenvalue weighted by Gasteiger charge is -2.40. The van der Waals surface area contributed by atoms with Crippen molar-refractivity contribution in [3.05, 3.63) is 0 Å². The maximum Gasteiger partial charge on any atom is 0.0105 e. The van der Waals surface area contributed by atoms with Crippen LogP contribution in [0.2, 0.25) is 0 Å². The first-order chi connectivity index (χ1) is 9.63. The molecule has 0 radical (unpaired) electrons. The number of rotatable bonds is 8. The SMILES string of the molecule is CCCC1CCC(NC)C(CN(CC2CC2)C(C)C)C1. The van der Waals surface area contributed by atoms with E-state index < -0.39 is 0 Å². The van der Waals surface area contributed by atoms with Gasteiger partial charge in [-0.05, 0) is 70.8 Å². The molecule has 2 aliphatic rings. The zero-order valence-corrected chi connectivity index (χ0v) is 14.2. The Hall–Kier alpha value is -0.0800. The summed E-state index contributed by atoms with van der Waals surface area (Å²) in [6.07, 6.45) is 10.0. The van der Waals surface area contributed by atoms with Crippen LogP contribution in [0.4, 0.5) is 0 Å². The molecule has 0 bridgehead atoms. The molecule has 2 fully saturated rings. The Kier molecular flexibility index (Phi) is 6.35. The molecule has 0 heterocycles. The van der Waals surface area contributed by atoms with Gasteiger partial charge in [-0.1, -0.05) is 19.8 Å². The van der Waals surface area contributed by atoms with E-state index in [0.29, 0.717) is 6.04 Å². The molecule has 0 saturated heterocycles. The largest absolute Gasteiger partial charge is 0.317 e. The molecule has 2 rings (SSSR count). The van der Waals surface area contributed by atoms with Crippen molar-refractivity contribution in [2.24, 2.45) is 17.8 Å². The molecule has 20 heavy (non-hydrogen) atoms. The van der Waals surface area contributed by atoms with Gasteiger partial charge in [-0.2, -0.15) is 0 Å². The van der Waals surface area contributed by atoms with Crippen LogP contribution in [0.1, 0.15) is 65.7 Å². The molecule has 2 heteroatoms. The minimum atomic E-state index is 0.708. The summed E-state index contributed by atoms with van der Waals surface area (Å²) in [5.74, 6) is 2.87. The average Bonchev–Trinajstić information content (AvgIpc) is 3.22. The summed E-state index contributed by atoms with van der Waals surface area (Å²) in [6, 6.07) is 1.46. The van der Waals surface area contributed by atoms with Crippen LogP contribution < -0.4 is 5.32 Å². The van der Waals surface area contributed by atoms with Crippen molar-refractivity contribution in [1.29, 1.82) is 0 Å². The van der Waals surface area contributed by atoms with Gasteiger partial charge in [-0.3, -0.25) is 0 Å². The summed E-state index contributed by atoms with van der Waals surface area (Å²) in [5, 5.41) is 3.60. The van der Waals surface area contributed by atoms with E-state index in [1.165, 1.54) is 58.0 Å². The van der Waals surface area contributed by atoms with Crippen molar-refractivity contribution in [1.82, 2.24) is 10.2 Å². The number of hydrogen-bond acceptors (Lipinski definition) is 2. The molecule has 0 aromatic heterocycles. The van der Waals surface area contributed by atoms with Gasteiger partial charge in [0, 0.05) is 25.2 Å². The topological polar surface area (TPSA) is 15.3 Å². The molecule has 0 aromatic carbocycles. The Morgan fingerprint density at radius 1 is 1.05 bits per heavy atom. The summed E-state index contributed by atoms with van der Waals surface area (Å²) in [4.78, 5) is 2.76. The maximum absolute atomic E-state index is 3.60. The molecule has 2 saturated carbocycles. The van der Waals surface area contributed by atoms with Gasteiger partial charge in [0.25, 0.3) is 0 Å². The van der Waals surface area contributed by atoms with Crippen molar-refractivity contribution >= 4 is 0 Å². The quantitative estimate of drug-likeness (QED) is 0.725. The van der Waals surface area contributed by atoms with E-state index in [0.717, 1.165) is 23.8 Å². The van der Waals surface area contributed by atoms with E-state index >= 15 is 0 Å². The van der Waals surface area contributed by atoms with E-state index in [9.17, 15) is 0 Å². The molecular formula is C18H36N2. The monoisotopic (exact) mass is 280 g/mol. The highest BCUT2D eigenvalue weighted by Crippen LogP contribution is 2.35. The van der Waals surface area contributed by atoms with Gasteiger partial charge in [0.05, 0.1) is 0 Å². The fraction of sp³-hybridized carbons (Fsp3) is 1.00. The van der Waals surface area contributed by atoms with E-state index in [4.69, 9.17) is 0 Å². The second-order valence-corrected chi connectivity index (χ2v) is 7.61. The fourth-order valence-corrected chi connectivity index (χ4v) is 4.04. The van der Waals surface area contributed by atoms with Crippen LogP contribution in [-0.2, 0) is 0 Å². The molecule has 0 aromatic rings. The lowest BCUT2D eigenvalue weighted by molar-refractivity contribution is 0.116. The average molecular weight is 280 g/mol. The van der Waals surface area contributed by atoms with Gasteiger partial charge >= 0.3 is 0 Å². The van der Waals surface area contributed by atoms with Gasteiger partial charge in [0.2, 0.25) is 0 Å². The molecular weight excluding hydrogens is 244 g/mol. The van der Waals surface area contributed by atoms with Crippen molar-refractivity contribution < 1.29 is 0 Å². The predicted octanol–water partition coefficient (Wildman–Crippen LogP) is 3.91. The van der Waals surface area contributed by atoms with Crippen LogP contribution in [0.3, 0.4) is 0 Å². The second kappa shape index (κ2) is 7.79. The minimum Gasteiger partial charge on any atom is -0.317 e. The number of nitrogens with one attached hydrogen (secondary N) is 1. The lowest BCUT2D eigenvalue weighted by Crippen LogP contribution is -2.46. The molecule has 0 spiro atoms. The van der Waals surface area contributed by atoms with E-state index in [2.05, 4.69) is 38.0 Å². The summed E-state index contributed by atoms with van der Waals surface area (Å²) in [5.41, 5.74) is 0. The highest BCUT2D eigenvalue weighted by molar-refractivity contribution is 4.88. The molecule has 118 valence electrons. The van der Waals surface area contributed by atoms with Crippen LogP contribution in [0.5, 0.6) is 0 Å². The van der Waals surface area contributed by atoms with Crippen molar-refractivity contribution in [2.75, 3.05) is 20.1 Å². The third kappa shape index (κ3) is 4.73. The predicted molar refractivity (Wildman–Crippen MR) is 88.0 cm³/mol. The van der Waals surface area contributed by atoms with E-state index in [1.54, 1.807) is 0 Å². The number of hydrogen-bond donors (Lipinski definition) is 1. The third-order valence-corrected chi connectivity index (χ3v) is 5.55. The van der Waals surface area contributed by atoms with Gasteiger partial charge < -0.3 is 10.2 Å². The molecule has 2 nitrogen and oxygen atoms in total.